The Balaban J connectivity index is 1.67. The second-order valence-electron chi connectivity index (χ2n) is 5.83. The number of piperazine rings is 1. The van der Waals surface area contributed by atoms with E-state index in [9.17, 15) is 9.90 Å². The van der Waals surface area contributed by atoms with Gasteiger partial charge in [-0.2, -0.15) is 0 Å². The smallest absolute Gasteiger partial charge is 0.240 e. The Kier molecular flexibility index (Phi) is 4.41. The van der Waals surface area contributed by atoms with E-state index in [1.54, 1.807) is 6.07 Å². The van der Waals surface area contributed by atoms with Gasteiger partial charge in [-0.1, -0.05) is 18.2 Å². The monoisotopic (exact) mass is 289 g/mol. The summed E-state index contributed by atoms with van der Waals surface area (Å²) in [4.78, 5) is 16.9. The molecule has 0 aliphatic carbocycles. The van der Waals surface area contributed by atoms with Crippen LogP contribution in [0.1, 0.15) is 18.4 Å². The number of phenolic OH excluding ortho intramolecular Hbond substituents is 1. The van der Waals surface area contributed by atoms with Gasteiger partial charge in [-0.25, -0.2) is 0 Å². The van der Waals surface area contributed by atoms with E-state index in [0.29, 0.717) is 12.3 Å². The Bertz CT molecular complexity index is 500. The van der Waals surface area contributed by atoms with Crippen LogP contribution in [0.3, 0.4) is 0 Å². The third kappa shape index (κ3) is 3.19. The van der Waals surface area contributed by atoms with Gasteiger partial charge in [0.1, 0.15) is 5.75 Å². The van der Waals surface area contributed by atoms with Crippen LogP contribution in [0.15, 0.2) is 24.3 Å². The molecule has 1 atom stereocenters. The maximum absolute atomic E-state index is 12.7. The molecular weight excluding hydrogens is 266 g/mol. The maximum Gasteiger partial charge on any atom is 0.240 e. The Morgan fingerprint density at radius 3 is 2.76 bits per heavy atom. The summed E-state index contributed by atoms with van der Waals surface area (Å²) in [6.45, 7) is 4.96. The molecule has 2 heterocycles. The van der Waals surface area contributed by atoms with Crippen LogP contribution in [0.2, 0.25) is 0 Å². The molecule has 0 spiro atoms. The number of nitrogens with one attached hydrogen (secondary N) is 1. The highest BCUT2D eigenvalue weighted by atomic mass is 16.3. The number of nitrogens with zero attached hydrogens (tertiary/aromatic N) is 2. The van der Waals surface area contributed by atoms with Gasteiger partial charge in [0, 0.05) is 38.3 Å². The minimum atomic E-state index is -0.0253. The lowest BCUT2D eigenvalue weighted by atomic mass is 10.1. The summed E-state index contributed by atoms with van der Waals surface area (Å²) in [5, 5.41) is 13.2. The van der Waals surface area contributed by atoms with E-state index in [0.717, 1.165) is 51.1 Å². The number of benzene rings is 1. The summed E-state index contributed by atoms with van der Waals surface area (Å²) in [5.74, 6) is 0.571. The molecule has 114 valence electrons. The summed E-state index contributed by atoms with van der Waals surface area (Å²) >= 11 is 0. The van der Waals surface area contributed by atoms with E-state index in [4.69, 9.17) is 0 Å². The van der Waals surface area contributed by atoms with E-state index in [-0.39, 0.29) is 11.9 Å². The zero-order chi connectivity index (χ0) is 14.7. The van der Waals surface area contributed by atoms with Crippen molar-refractivity contribution in [1.29, 1.82) is 0 Å². The Morgan fingerprint density at radius 1 is 1.24 bits per heavy atom. The Hall–Kier alpha value is -1.59. The van der Waals surface area contributed by atoms with Gasteiger partial charge in [-0.15, -0.1) is 0 Å². The number of carbonyl (C=O) groups excluding carboxylic acids is 1. The van der Waals surface area contributed by atoms with Crippen LogP contribution in [0.25, 0.3) is 0 Å². The number of carbonyl (C=O) groups is 1. The third-order valence-electron chi connectivity index (χ3n) is 4.44. The van der Waals surface area contributed by atoms with Gasteiger partial charge in [-0.3, -0.25) is 9.69 Å². The molecule has 0 radical (unpaired) electrons. The molecule has 2 aliphatic heterocycles. The quantitative estimate of drug-likeness (QED) is 0.864. The van der Waals surface area contributed by atoms with E-state index in [1.165, 1.54) is 0 Å². The van der Waals surface area contributed by atoms with Gasteiger partial charge in [0.25, 0.3) is 0 Å². The number of aromatic hydroxyl groups is 1. The maximum atomic E-state index is 12.7. The summed E-state index contributed by atoms with van der Waals surface area (Å²) < 4.78 is 0. The number of likely N-dealkylation sites (tertiary alicyclic amines) is 1. The van der Waals surface area contributed by atoms with Gasteiger partial charge >= 0.3 is 0 Å². The SMILES string of the molecule is O=C(C1CCCN1Cc1ccccc1O)N1CCNCC1. The standard InChI is InChI=1S/C16H23N3O2/c20-15-6-2-1-4-13(15)12-19-9-3-5-14(19)16(21)18-10-7-17-8-11-18/h1-2,4,6,14,17,20H,3,5,7-12H2. The van der Waals surface area contributed by atoms with Crippen LogP contribution >= 0.6 is 0 Å². The zero-order valence-corrected chi connectivity index (χ0v) is 12.3. The minimum Gasteiger partial charge on any atom is -0.508 e. The lowest BCUT2D eigenvalue weighted by Gasteiger charge is -2.33. The summed E-state index contributed by atoms with van der Waals surface area (Å²) in [6, 6.07) is 7.37. The normalized spacial score (nSPS) is 23.4. The molecule has 21 heavy (non-hydrogen) atoms. The molecular formula is C16H23N3O2. The van der Waals surface area contributed by atoms with E-state index in [1.807, 2.05) is 23.1 Å². The van der Waals surface area contributed by atoms with Crippen molar-refractivity contribution in [1.82, 2.24) is 15.1 Å². The first-order valence-corrected chi connectivity index (χ1v) is 7.76. The minimum absolute atomic E-state index is 0.0253. The summed E-state index contributed by atoms with van der Waals surface area (Å²) in [7, 11) is 0. The third-order valence-corrected chi connectivity index (χ3v) is 4.44. The Morgan fingerprint density at radius 2 is 2.00 bits per heavy atom. The molecule has 2 fully saturated rings. The average Bonchev–Trinajstić information content (AvgIpc) is 2.98. The largest absolute Gasteiger partial charge is 0.508 e. The van der Waals surface area contributed by atoms with Gasteiger partial charge in [0.15, 0.2) is 0 Å². The first-order valence-electron chi connectivity index (χ1n) is 7.76. The Labute approximate surface area is 125 Å². The molecule has 0 aromatic heterocycles. The number of para-hydroxylation sites is 1. The van der Waals surface area contributed by atoms with E-state index in [2.05, 4.69) is 10.2 Å². The van der Waals surface area contributed by atoms with Crippen LogP contribution < -0.4 is 5.32 Å². The molecule has 5 nitrogen and oxygen atoms in total. The van der Waals surface area contributed by atoms with Crippen LogP contribution in [-0.2, 0) is 11.3 Å². The number of hydrogen-bond donors (Lipinski definition) is 2. The predicted molar refractivity (Wildman–Crippen MR) is 81.0 cm³/mol. The van der Waals surface area contributed by atoms with Crippen LogP contribution in [0.4, 0.5) is 0 Å². The van der Waals surface area contributed by atoms with Gasteiger partial charge in [0.05, 0.1) is 6.04 Å². The molecule has 1 amide bonds. The van der Waals surface area contributed by atoms with Gasteiger partial charge in [0.2, 0.25) is 5.91 Å². The second-order valence-corrected chi connectivity index (χ2v) is 5.83. The van der Waals surface area contributed by atoms with Crippen molar-refractivity contribution >= 4 is 5.91 Å². The predicted octanol–water partition coefficient (Wildman–Crippen LogP) is 0.788. The first kappa shape index (κ1) is 14.4. The molecule has 5 heteroatoms. The molecule has 1 aromatic rings. The van der Waals surface area contributed by atoms with Crippen LogP contribution in [-0.4, -0.2) is 59.6 Å². The van der Waals surface area contributed by atoms with Crippen LogP contribution in [0, 0.1) is 0 Å². The number of hydrogen-bond acceptors (Lipinski definition) is 4. The first-order chi connectivity index (χ1) is 10.3. The number of rotatable bonds is 3. The molecule has 1 unspecified atom stereocenters. The fraction of sp³-hybridized carbons (Fsp3) is 0.562. The van der Waals surface area contributed by atoms with Crippen molar-refractivity contribution in [2.24, 2.45) is 0 Å². The zero-order valence-electron chi connectivity index (χ0n) is 12.3. The number of phenols is 1. The molecule has 2 N–H and O–H groups in total. The molecule has 1 aromatic carbocycles. The van der Waals surface area contributed by atoms with Crippen molar-refractivity contribution in [3.63, 3.8) is 0 Å². The van der Waals surface area contributed by atoms with E-state index < -0.39 is 0 Å². The summed E-state index contributed by atoms with van der Waals surface area (Å²) in [5.41, 5.74) is 0.900. The van der Waals surface area contributed by atoms with Crippen molar-refractivity contribution < 1.29 is 9.90 Å². The average molecular weight is 289 g/mol. The fourth-order valence-electron chi connectivity index (χ4n) is 3.25. The van der Waals surface area contributed by atoms with Crippen molar-refractivity contribution in [3.8, 4) is 5.75 Å². The van der Waals surface area contributed by atoms with Gasteiger partial charge in [-0.05, 0) is 25.5 Å². The molecule has 0 saturated carbocycles. The lowest BCUT2D eigenvalue weighted by Crippen LogP contribution is -2.52. The highest BCUT2D eigenvalue weighted by Gasteiger charge is 2.34. The van der Waals surface area contributed by atoms with Gasteiger partial charge < -0.3 is 15.3 Å². The number of amides is 1. The fourth-order valence-corrected chi connectivity index (χ4v) is 3.25. The molecule has 0 bridgehead atoms. The highest BCUT2D eigenvalue weighted by Crippen LogP contribution is 2.25. The molecule has 3 rings (SSSR count). The topological polar surface area (TPSA) is 55.8 Å². The summed E-state index contributed by atoms with van der Waals surface area (Å²) in [6.07, 6.45) is 1.98. The highest BCUT2D eigenvalue weighted by molar-refractivity contribution is 5.82. The van der Waals surface area contributed by atoms with E-state index >= 15 is 0 Å². The molecule has 2 aliphatic rings. The van der Waals surface area contributed by atoms with Crippen molar-refractivity contribution in [2.75, 3.05) is 32.7 Å². The van der Waals surface area contributed by atoms with Crippen LogP contribution in [0.5, 0.6) is 5.75 Å². The lowest BCUT2D eigenvalue weighted by molar-refractivity contribution is -0.136. The molecule has 2 saturated heterocycles. The van der Waals surface area contributed by atoms with Crippen molar-refractivity contribution in [3.05, 3.63) is 29.8 Å². The van der Waals surface area contributed by atoms with Crippen molar-refractivity contribution in [2.45, 2.75) is 25.4 Å². The second kappa shape index (κ2) is 6.45.